The Labute approximate surface area is 121 Å². The lowest BCUT2D eigenvalue weighted by atomic mass is 10.1. The summed E-state index contributed by atoms with van der Waals surface area (Å²) in [6.45, 7) is 1.47. The van der Waals surface area contributed by atoms with Crippen LogP contribution < -0.4 is 0 Å². The Morgan fingerprint density at radius 1 is 1.38 bits per heavy atom. The summed E-state index contributed by atoms with van der Waals surface area (Å²) >= 11 is 0. The molecule has 110 valence electrons. The average molecular weight is 289 g/mol. The summed E-state index contributed by atoms with van der Waals surface area (Å²) in [5, 5.41) is 4.02. The number of aromatic nitrogens is 2. The highest BCUT2D eigenvalue weighted by atomic mass is 19.1. The number of carbonyl (C=O) groups is 1. The van der Waals surface area contributed by atoms with Crippen molar-refractivity contribution in [3.63, 3.8) is 0 Å². The van der Waals surface area contributed by atoms with Gasteiger partial charge in [0.25, 0.3) is 5.91 Å². The molecule has 1 aliphatic rings. The van der Waals surface area contributed by atoms with Gasteiger partial charge in [0.15, 0.2) is 0 Å². The molecule has 5 nitrogen and oxygen atoms in total. The van der Waals surface area contributed by atoms with E-state index in [4.69, 9.17) is 4.74 Å². The molecule has 1 atom stereocenters. The highest BCUT2D eigenvalue weighted by Crippen LogP contribution is 2.23. The third-order valence-corrected chi connectivity index (χ3v) is 3.55. The van der Waals surface area contributed by atoms with Crippen molar-refractivity contribution in [1.82, 2.24) is 14.7 Å². The third-order valence-electron chi connectivity index (χ3n) is 3.55. The SMILES string of the molecule is Cn1cc(C(=O)N2CCO[C@@H](c3ccc(F)cc3)C2)cn1. The largest absolute Gasteiger partial charge is 0.370 e. The Balaban J connectivity index is 1.73. The van der Waals surface area contributed by atoms with E-state index in [1.54, 1.807) is 41.2 Å². The van der Waals surface area contributed by atoms with Gasteiger partial charge in [0.05, 0.1) is 24.9 Å². The monoisotopic (exact) mass is 289 g/mol. The first-order valence-electron chi connectivity index (χ1n) is 6.78. The van der Waals surface area contributed by atoms with Crippen LogP contribution in [0.4, 0.5) is 4.39 Å². The Morgan fingerprint density at radius 2 is 2.14 bits per heavy atom. The number of morpholine rings is 1. The number of nitrogens with zero attached hydrogens (tertiary/aromatic N) is 3. The molecule has 0 saturated carbocycles. The Bertz CT molecular complexity index is 639. The summed E-state index contributed by atoms with van der Waals surface area (Å²) in [7, 11) is 1.78. The van der Waals surface area contributed by atoms with E-state index in [0.717, 1.165) is 5.56 Å². The molecule has 21 heavy (non-hydrogen) atoms. The predicted octanol–water partition coefficient (Wildman–Crippen LogP) is 1.77. The number of hydrogen-bond acceptors (Lipinski definition) is 3. The number of rotatable bonds is 2. The van der Waals surface area contributed by atoms with Crippen LogP contribution in [-0.2, 0) is 11.8 Å². The van der Waals surface area contributed by atoms with E-state index >= 15 is 0 Å². The van der Waals surface area contributed by atoms with Crippen molar-refractivity contribution in [3.8, 4) is 0 Å². The fourth-order valence-corrected chi connectivity index (χ4v) is 2.43. The number of halogens is 1. The molecule has 2 aromatic rings. The van der Waals surface area contributed by atoms with Crippen LogP contribution in [0.25, 0.3) is 0 Å². The summed E-state index contributed by atoms with van der Waals surface area (Å²) in [5.41, 5.74) is 1.44. The van der Waals surface area contributed by atoms with E-state index in [-0.39, 0.29) is 17.8 Å². The molecule has 1 fully saturated rings. The summed E-state index contributed by atoms with van der Waals surface area (Å²) in [6.07, 6.45) is 3.04. The molecular weight excluding hydrogens is 273 g/mol. The van der Waals surface area contributed by atoms with Crippen molar-refractivity contribution in [3.05, 3.63) is 53.6 Å². The van der Waals surface area contributed by atoms with Crippen molar-refractivity contribution in [2.45, 2.75) is 6.10 Å². The standard InChI is InChI=1S/C15H16FN3O2/c1-18-9-12(8-17-18)15(20)19-6-7-21-14(10-19)11-2-4-13(16)5-3-11/h2-5,8-9,14H,6-7,10H2,1H3/t14-/m1/s1. The van der Waals surface area contributed by atoms with Gasteiger partial charge < -0.3 is 9.64 Å². The van der Waals surface area contributed by atoms with Crippen LogP contribution in [0.5, 0.6) is 0 Å². The molecule has 6 heteroatoms. The lowest BCUT2D eigenvalue weighted by Crippen LogP contribution is -2.42. The first-order valence-corrected chi connectivity index (χ1v) is 6.78. The minimum absolute atomic E-state index is 0.0569. The van der Waals surface area contributed by atoms with Crippen molar-refractivity contribution in [2.24, 2.45) is 7.05 Å². The Hall–Kier alpha value is -2.21. The maximum Gasteiger partial charge on any atom is 0.257 e. The van der Waals surface area contributed by atoms with E-state index < -0.39 is 0 Å². The highest BCUT2D eigenvalue weighted by Gasteiger charge is 2.26. The van der Waals surface area contributed by atoms with Gasteiger partial charge >= 0.3 is 0 Å². The summed E-state index contributed by atoms with van der Waals surface area (Å²) in [5.74, 6) is -0.337. The summed E-state index contributed by atoms with van der Waals surface area (Å²) in [4.78, 5) is 14.1. The maximum atomic E-state index is 13.0. The second-order valence-electron chi connectivity index (χ2n) is 5.06. The highest BCUT2D eigenvalue weighted by molar-refractivity contribution is 5.93. The lowest BCUT2D eigenvalue weighted by molar-refractivity contribution is -0.0228. The van der Waals surface area contributed by atoms with Gasteiger partial charge in [-0.25, -0.2) is 4.39 Å². The van der Waals surface area contributed by atoms with E-state index in [0.29, 0.717) is 25.3 Å². The molecule has 0 aliphatic carbocycles. The first-order chi connectivity index (χ1) is 10.1. The van der Waals surface area contributed by atoms with Crippen molar-refractivity contribution < 1.29 is 13.9 Å². The molecule has 1 aromatic carbocycles. The molecule has 0 spiro atoms. The molecule has 1 aliphatic heterocycles. The molecule has 1 amide bonds. The zero-order valence-corrected chi connectivity index (χ0v) is 11.7. The fourth-order valence-electron chi connectivity index (χ4n) is 2.43. The number of benzene rings is 1. The normalized spacial score (nSPS) is 18.8. The van der Waals surface area contributed by atoms with Crippen LogP contribution in [-0.4, -0.2) is 40.3 Å². The minimum Gasteiger partial charge on any atom is -0.370 e. The lowest BCUT2D eigenvalue weighted by Gasteiger charge is -2.33. The van der Waals surface area contributed by atoms with Crippen molar-refractivity contribution in [1.29, 1.82) is 0 Å². The average Bonchev–Trinajstić information content (AvgIpc) is 2.94. The van der Waals surface area contributed by atoms with Crippen LogP contribution >= 0.6 is 0 Å². The molecule has 3 rings (SSSR count). The van der Waals surface area contributed by atoms with Gasteiger partial charge in [-0.1, -0.05) is 12.1 Å². The van der Waals surface area contributed by atoms with Gasteiger partial charge in [-0.05, 0) is 17.7 Å². The van der Waals surface area contributed by atoms with E-state index in [1.807, 2.05) is 0 Å². The molecule has 0 bridgehead atoms. The summed E-state index contributed by atoms with van der Waals surface area (Å²) < 4.78 is 20.3. The molecule has 2 heterocycles. The second kappa shape index (κ2) is 5.65. The molecule has 0 N–H and O–H groups in total. The molecule has 1 saturated heterocycles. The Kier molecular flexibility index (Phi) is 3.70. The smallest absolute Gasteiger partial charge is 0.257 e. The quantitative estimate of drug-likeness (QED) is 0.846. The van der Waals surface area contributed by atoms with Crippen LogP contribution in [0.1, 0.15) is 22.0 Å². The number of carbonyl (C=O) groups excluding carboxylic acids is 1. The number of hydrogen-bond donors (Lipinski definition) is 0. The number of amides is 1. The first kappa shape index (κ1) is 13.8. The van der Waals surface area contributed by atoms with E-state index in [2.05, 4.69) is 5.10 Å². The van der Waals surface area contributed by atoms with Gasteiger partial charge in [-0.3, -0.25) is 9.48 Å². The number of aryl methyl sites for hydroxylation is 1. The number of ether oxygens (including phenoxy) is 1. The van der Waals surface area contributed by atoms with Gasteiger partial charge in [-0.15, -0.1) is 0 Å². The topological polar surface area (TPSA) is 47.4 Å². The fraction of sp³-hybridized carbons (Fsp3) is 0.333. The predicted molar refractivity (Wildman–Crippen MR) is 74.2 cm³/mol. The van der Waals surface area contributed by atoms with Gasteiger partial charge in [0, 0.05) is 19.8 Å². The second-order valence-corrected chi connectivity index (χ2v) is 5.06. The zero-order valence-electron chi connectivity index (χ0n) is 11.7. The van der Waals surface area contributed by atoms with Gasteiger partial charge in [-0.2, -0.15) is 5.10 Å². The van der Waals surface area contributed by atoms with Gasteiger partial charge in [0.2, 0.25) is 0 Å². The van der Waals surface area contributed by atoms with Crippen LogP contribution in [0, 0.1) is 5.82 Å². The molecule has 0 radical (unpaired) electrons. The maximum absolute atomic E-state index is 13.0. The van der Waals surface area contributed by atoms with E-state index in [1.165, 1.54) is 12.1 Å². The van der Waals surface area contributed by atoms with Gasteiger partial charge in [0.1, 0.15) is 11.9 Å². The third kappa shape index (κ3) is 2.95. The van der Waals surface area contributed by atoms with E-state index in [9.17, 15) is 9.18 Å². The van der Waals surface area contributed by atoms with Crippen molar-refractivity contribution in [2.75, 3.05) is 19.7 Å². The van der Waals surface area contributed by atoms with Crippen LogP contribution in [0.15, 0.2) is 36.7 Å². The minimum atomic E-state index is -0.280. The van der Waals surface area contributed by atoms with Crippen LogP contribution in [0.3, 0.4) is 0 Å². The molecule has 0 unspecified atom stereocenters. The molecule has 1 aromatic heterocycles. The molecular formula is C15H16FN3O2. The zero-order chi connectivity index (χ0) is 14.8. The summed E-state index contributed by atoms with van der Waals surface area (Å²) in [6, 6.07) is 6.19. The van der Waals surface area contributed by atoms with Crippen molar-refractivity contribution >= 4 is 5.91 Å². The Morgan fingerprint density at radius 3 is 2.81 bits per heavy atom. The van der Waals surface area contributed by atoms with Crippen LogP contribution in [0.2, 0.25) is 0 Å².